The minimum absolute atomic E-state index is 0.184. The number of esters is 1. The second-order valence-electron chi connectivity index (χ2n) is 4.81. The van der Waals surface area contributed by atoms with E-state index in [0.717, 1.165) is 11.3 Å². The highest BCUT2D eigenvalue weighted by Crippen LogP contribution is 2.09. The highest BCUT2D eigenvalue weighted by Gasteiger charge is 2.09. The molecule has 0 saturated heterocycles. The Labute approximate surface area is 133 Å². The van der Waals surface area contributed by atoms with Gasteiger partial charge in [0.2, 0.25) is 5.76 Å². The minimum atomic E-state index is -0.793. The number of aliphatic hydroxyl groups excluding tert-OH is 1. The van der Waals surface area contributed by atoms with Crippen LogP contribution in [0, 0.1) is 5.82 Å². The molecule has 0 fully saturated rings. The Bertz CT molecular complexity index is 699. The Morgan fingerprint density at radius 1 is 1.26 bits per heavy atom. The monoisotopic (exact) mass is 316 g/mol. The SMILES string of the molecule is CCOC(=O)C(O)=Cc1cc(CCc2ccc(F)cc2)ncn1. The van der Waals surface area contributed by atoms with Gasteiger partial charge in [-0.15, -0.1) is 0 Å². The summed E-state index contributed by atoms with van der Waals surface area (Å²) in [7, 11) is 0. The number of aromatic nitrogens is 2. The first-order chi connectivity index (χ1) is 11.1. The van der Waals surface area contributed by atoms with E-state index in [-0.39, 0.29) is 12.4 Å². The fraction of sp³-hybridized carbons (Fsp3) is 0.235. The molecule has 0 atom stereocenters. The van der Waals surface area contributed by atoms with Crippen molar-refractivity contribution in [1.82, 2.24) is 9.97 Å². The number of rotatable bonds is 6. The molecule has 0 radical (unpaired) electrons. The number of nitrogens with zero attached hydrogens (tertiary/aromatic N) is 2. The molecule has 6 heteroatoms. The van der Waals surface area contributed by atoms with Gasteiger partial charge < -0.3 is 9.84 Å². The van der Waals surface area contributed by atoms with Crippen LogP contribution in [0.3, 0.4) is 0 Å². The predicted octanol–water partition coefficient (Wildman–Crippen LogP) is 2.86. The van der Waals surface area contributed by atoms with E-state index in [4.69, 9.17) is 0 Å². The van der Waals surface area contributed by atoms with Crippen LogP contribution in [-0.2, 0) is 22.4 Å². The largest absolute Gasteiger partial charge is 0.502 e. The van der Waals surface area contributed by atoms with E-state index in [2.05, 4.69) is 14.7 Å². The van der Waals surface area contributed by atoms with Gasteiger partial charge in [-0.1, -0.05) is 12.1 Å². The molecule has 2 aromatic rings. The van der Waals surface area contributed by atoms with Crippen LogP contribution in [0.1, 0.15) is 23.9 Å². The smallest absolute Gasteiger partial charge is 0.373 e. The molecule has 0 bridgehead atoms. The molecule has 0 aliphatic carbocycles. The number of hydrogen-bond acceptors (Lipinski definition) is 5. The first-order valence-corrected chi connectivity index (χ1v) is 7.21. The zero-order chi connectivity index (χ0) is 16.7. The highest BCUT2D eigenvalue weighted by atomic mass is 19.1. The Kier molecular flexibility index (Phi) is 5.80. The summed E-state index contributed by atoms with van der Waals surface area (Å²) in [6.07, 6.45) is 3.94. The lowest BCUT2D eigenvalue weighted by atomic mass is 10.1. The van der Waals surface area contributed by atoms with Crippen LogP contribution in [0.25, 0.3) is 6.08 Å². The molecule has 0 spiro atoms. The number of aryl methyl sites for hydroxylation is 2. The van der Waals surface area contributed by atoms with E-state index in [0.29, 0.717) is 18.5 Å². The van der Waals surface area contributed by atoms with Crippen LogP contribution in [0.15, 0.2) is 42.4 Å². The van der Waals surface area contributed by atoms with Gasteiger partial charge >= 0.3 is 5.97 Å². The number of benzene rings is 1. The fourth-order valence-electron chi connectivity index (χ4n) is 1.96. The van der Waals surface area contributed by atoms with Crippen LogP contribution < -0.4 is 0 Å². The van der Waals surface area contributed by atoms with Crippen molar-refractivity contribution in [3.8, 4) is 0 Å². The molecule has 1 aromatic heterocycles. The molecule has 0 unspecified atom stereocenters. The van der Waals surface area contributed by atoms with Gasteiger partial charge in [0, 0.05) is 11.8 Å². The van der Waals surface area contributed by atoms with Crippen LogP contribution in [0.2, 0.25) is 0 Å². The lowest BCUT2D eigenvalue weighted by Gasteiger charge is -2.03. The Hall–Kier alpha value is -2.76. The van der Waals surface area contributed by atoms with E-state index >= 15 is 0 Å². The molecule has 2 rings (SSSR count). The normalized spacial score (nSPS) is 11.3. The molecular weight excluding hydrogens is 299 g/mol. The topological polar surface area (TPSA) is 72.3 Å². The summed E-state index contributed by atoms with van der Waals surface area (Å²) >= 11 is 0. The number of ether oxygens (including phenoxy) is 1. The fourth-order valence-corrected chi connectivity index (χ4v) is 1.96. The van der Waals surface area contributed by atoms with E-state index < -0.39 is 11.7 Å². The van der Waals surface area contributed by atoms with Crippen molar-refractivity contribution < 1.29 is 19.0 Å². The van der Waals surface area contributed by atoms with Gasteiger partial charge in [0.25, 0.3) is 0 Å². The van der Waals surface area contributed by atoms with Gasteiger partial charge in [-0.2, -0.15) is 0 Å². The third-order valence-electron chi connectivity index (χ3n) is 3.10. The average Bonchev–Trinajstić information content (AvgIpc) is 2.55. The van der Waals surface area contributed by atoms with E-state index in [1.54, 1.807) is 25.1 Å². The number of halogens is 1. The van der Waals surface area contributed by atoms with Crippen molar-refractivity contribution >= 4 is 12.0 Å². The van der Waals surface area contributed by atoms with Crippen molar-refractivity contribution in [1.29, 1.82) is 0 Å². The van der Waals surface area contributed by atoms with E-state index in [1.165, 1.54) is 24.5 Å². The van der Waals surface area contributed by atoms with Crippen molar-refractivity contribution in [3.05, 3.63) is 65.2 Å². The van der Waals surface area contributed by atoms with Crippen molar-refractivity contribution in [2.24, 2.45) is 0 Å². The molecular formula is C17H17FN2O3. The Morgan fingerprint density at radius 3 is 2.70 bits per heavy atom. The number of carbonyl (C=O) groups excluding carboxylic acids is 1. The Balaban J connectivity index is 2.03. The van der Waals surface area contributed by atoms with Gasteiger partial charge in [-0.3, -0.25) is 0 Å². The van der Waals surface area contributed by atoms with Gasteiger partial charge in [0.1, 0.15) is 12.1 Å². The molecule has 5 nitrogen and oxygen atoms in total. The van der Waals surface area contributed by atoms with Gasteiger partial charge in [-0.05, 0) is 43.5 Å². The summed E-state index contributed by atoms with van der Waals surface area (Å²) in [5, 5.41) is 9.62. The quantitative estimate of drug-likeness (QED) is 0.504. The maximum atomic E-state index is 12.9. The van der Waals surface area contributed by atoms with Crippen molar-refractivity contribution in [3.63, 3.8) is 0 Å². The Morgan fingerprint density at radius 2 is 2.00 bits per heavy atom. The molecule has 0 amide bonds. The third-order valence-corrected chi connectivity index (χ3v) is 3.10. The average molecular weight is 316 g/mol. The first kappa shape index (κ1) is 16.6. The molecule has 120 valence electrons. The molecule has 23 heavy (non-hydrogen) atoms. The summed E-state index contributed by atoms with van der Waals surface area (Å²) in [5.41, 5.74) is 2.17. The van der Waals surface area contributed by atoms with Crippen LogP contribution in [0.5, 0.6) is 0 Å². The molecule has 0 aliphatic rings. The third kappa shape index (κ3) is 5.18. The summed E-state index contributed by atoms with van der Waals surface area (Å²) < 4.78 is 17.5. The summed E-state index contributed by atoms with van der Waals surface area (Å²) in [5.74, 6) is -1.56. The van der Waals surface area contributed by atoms with E-state index in [9.17, 15) is 14.3 Å². The van der Waals surface area contributed by atoms with E-state index in [1.807, 2.05) is 0 Å². The second-order valence-corrected chi connectivity index (χ2v) is 4.81. The number of carbonyl (C=O) groups is 1. The predicted molar refractivity (Wildman–Crippen MR) is 83.1 cm³/mol. The van der Waals surface area contributed by atoms with Gasteiger partial charge in [0.15, 0.2) is 0 Å². The molecule has 0 saturated carbocycles. The number of aliphatic hydroxyl groups is 1. The van der Waals surface area contributed by atoms with Gasteiger partial charge in [0.05, 0.1) is 12.3 Å². The standard InChI is InChI=1S/C17H17FN2O3/c1-2-23-17(22)16(21)10-15-9-14(19-11-20-15)8-5-12-3-6-13(18)7-4-12/h3-4,6-7,9-11,21H,2,5,8H2,1H3. The maximum absolute atomic E-state index is 12.9. The molecule has 0 aliphatic heterocycles. The van der Waals surface area contributed by atoms with Crippen LogP contribution in [0.4, 0.5) is 4.39 Å². The summed E-state index contributed by atoms with van der Waals surface area (Å²) in [4.78, 5) is 19.5. The lowest BCUT2D eigenvalue weighted by molar-refractivity contribution is -0.141. The zero-order valence-electron chi connectivity index (χ0n) is 12.7. The lowest BCUT2D eigenvalue weighted by Crippen LogP contribution is -2.07. The zero-order valence-corrected chi connectivity index (χ0v) is 12.7. The molecule has 1 N–H and O–H groups in total. The van der Waals surface area contributed by atoms with Crippen LogP contribution >= 0.6 is 0 Å². The van der Waals surface area contributed by atoms with Gasteiger partial charge in [-0.25, -0.2) is 19.2 Å². The van der Waals surface area contributed by atoms with Crippen LogP contribution in [-0.4, -0.2) is 27.7 Å². The first-order valence-electron chi connectivity index (χ1n) is 7.21. The number of hydrogen-bond donors (Lipinski definition) is 1. The van der Waals surface area contributed by atoms with Crippen molar-refractivity contribution in [2.45, 2.75) is 19.8 Å². The summed E-state index contributed by atoms with van der Waals surface area (Å²) in [6.45, 7) is 1.84. The molecule has 1 aromatic carbocycles. The minimum Gasteiger partial charge on any atom is -0.502 e. The maximum Gasteiger partial charge on any atom is 0.373 e. The van der Waals surface area contributed by atoms with Crippen molar-refractivity contribution in [2.75, 3.05) is 6.61 Å². The highest BCUT2D eigenvalue weighted by molar-refractivity contribution is 5.90. The second kappa shape index (κ2) is 8.03. The summed E-state index contributed by atoms with van der Waals surface area (Å²) in [6, 6.07) is 7.97. The molecule has 1 heterocycles.